The summed E-state index contributed by atoms with van der Waals surface area (Å²) in [6.45, 7) is 7.93. The van der Waals surface area contributed by atoms with Crippen LogP contribution in [-0.4, -0.2) is 88.1 Å². The molecule has 38 heavy (non-hydrogen) atoms. The zero-order valence-electron chi connectivity index (χ0n) is 22.1. The van der Waals surface area contributed by atoms with Gasteiger partial charge in [0.2, 0.25) is 21.9 Å². The number of amides is 1. The molecule has 1 spiro atoms. The van der Waals surface area contributed by atoms with Crippen LogP contribution in [0.2, 0.25) is 0 Å². The largest absolute Gasteiger partial charge is 0.351 e. The van der Waals surface area contributed by atoms with Gasteiger partial charge in [0, 0.05) is 56.2 Å². The smallest absolute Gasteiger partial charge is 0.246 e. The number of hydrogen-bond acceptors (Lipinski definition) is 8. The molecule has 0 bridgehead atoms. The van der Waals surface area contributed by atoms with Gasteiger partial charge in [0.25, 0.3) is 0 Å². The molecule has 204 valence electrons. The van der Waals surface area contributed by atoms with E-state index in [1.54, 1.807) is 15.2 Å². The maximum Gasteiger partial charge on any atom is 0.246 e. The van der Waals surface area contributed by atoms with Gasteiger partial charge in [-0.25, -0.2) is 13.4 Å². The standard InChI is InChI=1S/C26H36N8O3S/c1-3-31-14-20(15-31)33-16-21(12-28-33)38(36,37)32-10-6-19(7-11-32)29-25-27-13-22-23(30-25)34(17(2)18-4-5-18)24(35)26(22)8-9-26/h12-13,16-20H,3-11,14-15H2,1-2H3,(H,27,29,30). The Bertz CT molecular complexity index is 1350. The van der Waals surface area contributed by atoms with E-state index in [1.807, 2.05) is 11.1 Å². The molecular formula is C26H36N8O3S. The van der Waals surface area contributed by atoms with E-state index in [-0.39, 0.29) is 28.9 Å². The number of likely N-dealkylation sites (N-methyl/N-ethyl adjacent to an activating group) is 1. The van der Waals surface area contributed by atoms with E-state index in [0.29, 0.717) is 37.8 Å². The van der Waals surface area contributed by atoms with Crippen molar-refractivity contribution in [3.63, 3.8) is 0 Å². The van der Waals surface area contributed by atoms with Crippen molar-refractivity contribution in [2.75, 3.05) is 42.9 Å². The van der Waals surface area contributed by atoms with Crippen molar-refractivity contribution in [3.8, 4) is 0 Å². The van der Waals surface area contributed by atoms with Gasteiger partial charge >= 0.3 is 0 Å². The van der Waals surface area contributed by atoms with Crippen molar-refractivity contribution in [1.29, 1.82) is 0 Å². The highest BCUT2D eigenvalue weighted by molar-refractivity contribution is 7.89. The number of nitrogens with one attached hydrogen (secondary N) is 1. The molecule has 5 aliphatic rings. The molecule has 5 heterocycles. The molecule has 11 nitrogen and oxygen atoms in total. The molecule has 2 aliphatic carbocycles. The highest BCUT2D eigenvalue weighted by Crippen LogP contribution is 2.58. The van der Waals surface area contributed by atoms with Crippen molar-refractivity contribution in [2.45, 2.75) is 80.8 Å². The summed E-state index contributed by atoms with van der Waals surface area (Å²) in [6, 6.07) is 0.476. The highest BCUT2D eigenvalue weighted by atomic mass is 32.2. The number of fused-ring (bicyclic) bond motifs is 2. The SMILES string of the molecule is CCN1CC(n2cc(S(=O)(=O)N3CCC(Nc4ncc5c(n4)N(C(C)C4CC4)C(=O)C54CC4)CC3)cn2)C1. The van der Waals surface area contributed by atoms with Crippen LogP contribution in [0.25, 0.3) is 0 Å². The number of carbonyl (C=O) groups excluding carboxylic acids is 1. The lowest BCUT2D eigenvalue weighted by Gasteiger charge is -2.38. The number of rotatable bonds is 8. The van der Waals surface area contributed by atoms with Crippen molar-refractivity contribution in [2.24, 2.45) is 5.92 Å². The number of anilines is 2. The van der Waals surface area contributed by atoms with E-state index in [2.05, 4.69) is 34.1 Å². The number of likely N-dealkylation sites (tertiary alicyclic amines) is 1. The molecular weight excluding hydrogens is 504 g/mol. The first kappa shape index (κ1) is 24.5. The molecule has 0 radical (unpaired) electrons. The average molecular weight is 541 g/mol. The summed E-state index contributed by atoms with van der Waals surface area (Å²) in [5.74, 6) is 2.05. The fourth-order valence-corrected chi connectivity index (χ4v) is 7.79. The highest BCUT2D eigenvalue weighted by Gasteiger charge is 2.61. The Hall–Kier alpha value is -2.57. The topological polar surface area (TPSA) is 117 Å². The third-order valence-electron chi connectivity index (χ3n) is 9.36. The first-order valence-corrected chi connectivity index (χ1v) is 15.5. The Labute approximate surface area is 223 Å². The molecule has 3 aliphatic heterocycles. The summed E-state index contributed by atoms with van der Waals surface area (Å²) in [6.07, 6.45) is 10.4. The Morgan fingerprint density at radius 1 is 1.13 bits per heavy atom. The summed E-state index contributed by atoms with van der Waals surface area (Å²) < 4.78 is 29.9. The third kappa shape index (κ3) is 3.86. The van der Waals surface area contributed by atoms with Gasteiger partial charge in [0.15, 0.2) is 0 Å². The molecule has 2 aromatic heterocycles. The predicted octanol–water partition coefficient (Wildman–Crippen LogP) is 1.99. The lowest BCUT2D eigenvalue weighted by Crippen LogP contribution is -2.47. The maximum absolute atomic E-state index is 13.3. The quantitative estimate of drug-likeness (QED) is 0.541. The van der Waals surface area contributed by atoms with Crippen molar-refractivity contribution >= 4 is 27.7 Å². The van der Waals surface area contributed by atoms with E-state index in [9.17, 15) is 13.2 Å². The molecule has 2 saturated heterocycles. The molecule has 2 aromatic rings. The van der Waals surface area contributed by atoms with Crippen LogP contribution in [-0.2, 0) is 20.2 Å². The minimum atomic E-state index is -3.58. The van der Waals surface area contributed by atoms with E-state index in [1.165, 1.54) is 19.0 Å². The first-order valence-electron chi connectivity index (χ1n) is 14.0. The fourth-order valence-electron chi connectivity index (χ4n) is 6.37. The molecule has 7 rings (SSSR count). The summed E-state index contributed by atoms with van der Waals surface area (Å²) in [7, 11) is -3.58. The van der Waals surface area contributed by atoms with E-state index >= 15 is 0 Å². The molecule has 1 N–H and O–H groups in total. The van der Waals surface area contributed by atoms with Gasteiger partial charge in [0.05, 0.1) is 17.7 Å². The van der Waals surface area contributed by atoms with E-state index in [4.69, 9.17) is 4.98 Å². The van der Waals surface area contributed by atoms with Crippen molar-refractivity contribution < 1.29 is 13.2 Å². The van der Waals surface area contributed by atoms with Crippen LogP contribution < -0.4 is 10.2 Å². The second kappa shape index (κ2) is 8.72. The summed E-state index contributed by atoms with van der Waals surface area (Å²) in [4.78, 5) is 27.3. The van der Waals surface area contributed by atoms with Crippen molar-refractivity contribution in [3.05, 3.63) is 24.2 Å². The second-order valence-corrected chi connectivity index (χ2v) is 13.7. The van der Waals surface area contributed by atoms with Crippen LogP contribution in [0.3, 0.4) is 0 Å². The number of aromatic nitrogens is 4. The Morgan fingerprint density at radius 3 is 2.53 bits per heavy atom. The summed E-state index contributed by atoms with van der Waals surface area (Å²) in [5, 5.41) is 7.78. The minimum absolute atomic E-state index is 0.0681. The van der Waals surface area contributed by atoms with Gasteiger partial charge in [-0.3, -0.25) is 19.3 Å². The maximum atomic E-state index is 13.3. The molecule has 12 heteroatoms. The number of sulfonamides is 1. The van der Waals surface area contributed by atoms with Gasteiger partial charge < -0.3 is 5.32 Å². The summed E-state index contributed by atoms with van der Waals surface area (Å²) >= 11 is 0. The van der Waals surface area contributed by atoms with Gasteiger partial charge in [-0.1, -0.05) is 6.92 Å². The minimum Gasteiger partial charge on any atom is -0.351 e. The van der Waals surface area contributed by atoms with Gasteiger partial charge in [-0.05, 0) is 57.9 Å². The number of carbonyl (C=O) groups is 1. The fraction of sp³-hybridized carbons (Fsp3) is 0.692. The van der Waals surface area contributed by atoms with Crippen molar-refractivity contribution in [1.82, 2.24) is 29.0 Å². The first-order chi connectivity index (χ1) is 18.3. The number of nitrogens with zero attached hydrogens (tertiary/aromatic N) is 7. The Balaban J connectivity index is 1.01. The second-order valence-electron chi connectivity index (χ2n) is 11.8. The predicted molar refractivity (Wildman–Crippen MR) is 141 cm³/mol. The normalized spacial score (nSPS) is 25.0. The van der Waals surface area contributed by atoms with E-state index in [0.717, 1.165) is 43.9 Å². The Morgan fingerprint density at radius 2 is 1.87 bits per heavy atom. The number of piperidine rings is 1. The lowest BCUT2D eigenvalue weighted by atomic mass is 10.0. The van der Waals surface area contributed by atoms with E-state index < -0.39 is 15.4 Å². The molecule has 1 atom stereocenters. The zero-order valence-corrected chi connectivity index (χ0v) is 22.9. The van der Waals surface area contributed by atoms with Crippen LogP contribution in [0.1, 0.15) is 64.0 Å². The Kier molecular flexibility index (Phi) is 5.61. The molecule has 0 aromatic carbocycles. The van der Waals surface area contributed by atoms with Crippen LogP contribution >= 0.6 is 0 Å². The third-order valence-corrected chi connectivity index (χ3v) is 11.2. The van der Waals surface area contributed by atoms with Gasteiger partial charge in [-0.15, -0.1) is 0 Å². The lowest BCUT2D eigenvalue weighted by molar-refractivity contribution is -0.120. The van der Waals surface area contributed by atoms with Crippen LogP contribution in [0.15, 0.2) is 23.5 Å². The zero-order chi connectivity index (χ0) is 26.2. The molecule has 4 fully saturated rings. The summed E-state index contributed by atoms with van der Waals surface area (Å²) in [5.41, 5.74) is 0.588. The monoisotopic (exact) mass is 540 g/mol. The van der Waals surface area contributed by atoms with Crippen LogP contribution in [0.4, 0.5) is 11.8 Å². The average Bonchev–Trinajstić information content (AvgIpc) is 3.80. The number of hydrogen-bond donors (Lipinski definition) is 1. The molecule has 1 amide bonds. The molecule has 1 unspecified atom stereocenters. The van der Waals surface area contributed by atoms with Crippen LogP contribution in [0, 0.1) is 5.92 Å². The van der Waals surface area contributed by atoms with Gasteiger partial charge in [0.1, 0.15) is 10.7 Å². The van der Waals surface area contributed by atoms with Crippen LogP contribution in [0.5, 0.6) is 0 Å². The molecule has 2 saturated carbocycles. The van der Waals surface area contributed by atoms with Gasteiger partial charge in [-0.2, -0.15) is 14.4 Å².